The van der Waals surface area contributed by atoms with Crippen LogP contribution < -0.4 is 21.5 Å². The molecule has 3 heterocycles. The van der Waals surface area contributed by atoms with Crippen molar-refractivity contribution in [2.24, 2.45) is 34.2 Å². The number of hydrogen-bond acceptors (Lipinski definition) is 7. The summed E-state index contributed by atoms with van der Waals surface area (Å²) in [5.74, 6) is -0.535. The highest BCUT2D eigenvalue weighted by atomic mass is 16.3. The molecule has 0 aromatic heterocycles. The minimum Gasteiger partial charge on any atom is -0.393 e. The Hall–Kier alpha value is -2.08. The van der Waals surface area contributed by atoms with Gasteiger partial charge in [0.1, 0.15) is 0 Å². The topological polar surface area (TPSA) is 155 Å². The lowest BCUT2D eigenvalue weighted by atomic mass is 9.86. The van der Waals surface area contributed by atoms with Crippen LogP contribution in [0, 0.1) is 29.1 Å². The molecular weight excluding hydrogens is 406 g/mol. The fourth-order valence-corrected chi connectivity index (χ4v) is 5.00. The van der Waals surface area contributed by atoms with Gasteiger partial charge in [0.25, 0.3) is 11.9 Å². The van der Waals surface area contributed by atoms with E-state index in [0.717, 1.165) is 51.7 Å². The zero-order valence-corrected chi connectivity index (χ0v) is 19.1. The van der Waals surface area contributed by atoms with Gasteiger partial charge in [-0.2, -0.15) is 5.26 Å². The number of rotatable bonds is 6. The summed E-state index contributed by atoms with van der Waals surface area (Å²) in [5, 5.41) is 22.1. The predicted octanol–water partition coefficient (Wildman–Crippen LogP) is -0.440. The van der Waals surface area contributed by atoms with Gasteiger partial charge < -0.3 is 21.9 Å². The fourth-order valence-electron chi connectivity index (χ4n) is 5.00. The highest BCUT2D eigenvalue weighted by Crippen LogP contribution is 2.22. The maximum absolute atomic E-state index is 13.4. The lowest BCUT2D eigenvalue weighted by Gasteiger charge is -2.40. The van der Waals surface area contributed by atoms with E-state index in [4.69, 9.17) is 16.7 Å². The van der Waals surface area contributed by atoms with Crippen LogP contribution in [0.2, 0.25) is 0 Å². The third-order valence-corrected chi connectivity index (χ3v) is 6.93. The molecule has 3 rings (SSSR count). The van der Waals surface area contributed by atoms with E-state index in [1.54, 1.807) is 6.21 Å². The van der Waals surface area contributed by atoms with Crippen molar-refractivity contribution in [1.82, 2.24) is 14.9 Å². The Morgan fingerprint density at radius 3 is 2.78 bits per heavy atom. The molecule has 6 N–H and O–H groups in total. The standard InChI is InChI=1S/C23H37N7O2/c1-15-2-3-16(4-8-24)13-28-18(12-15)21(22(25)26)23(32)29-19-14-27-9-5-20(19)30-10-6-17(31)7-11-30/h13-17,19-22,31H,2-7,9-12,25-26H2,1H3/p+1. The number of hydrogen-bond donors (Lipinski definition) is 4. The molecular formula is C23H38N7O2+. The predicted molar refractivity (Wildman–Crippen MR) is 126 cm³/mol. The molecule has 9 nitrogen and oxygen atoms in total. The monoisotopic (exact) mass is 444 g/mol. The summed E-state index contributed by atoms with van der Waals surface area (Å²) in [6, 6.07) is 2.13. The molecule has 0 aromatic carbocycles. The van der Waals surface area contributed by atoms with Gasteiger partial charge in [-0.05, 0) is 38.0 Å². The van der Waals surface area contributed by atoms with Crippen LogP contribution in [0.4, 0.5) is 0 Å². The van der Waals surface area contributed by atoms with Crippen LogP contribution in [-0.4, -0.2) is 78.0 Å². The summed E-state index contributed by atoms with van der Waals surface area (Å²) in [4.78, 5) is 20.2. The molecule has 1 fully saturated rings. The zero-order chi connectivity index (χ0) is 23.1. The van der Waals surface area contributed by atoms with Crippen LogP contribution in [0.1, 0.15) is 51.9 Å². The molecule has 3 aliphatic heterocycles. The Morgan fingerprint density at radius 2 is 2.09 bits per heavy atom. The normalized spacial score (nSPS) is 30.8. The molecule has 0 aliphatic carbocycles. The first-order chi connectivity index (χ1) is 15.4. The van der Waals surface area contributed by atoms with Crippen molar-refractivity contribution < 1.29 is 9.90 Å². The quantitative estimate of drug-likeness (QED) is 0.321. The van der Waals surface area contributed by atoms with Gasteiger partial charge in [-0.15, -0.1) is 4.67 Å². The second-order valence-corrected chi connectivity index (χ2v) is 9.55. The number of aliphatic imine (C=N–C) groups is 1. The van der Waals surface area contributed by atoms with Gasteiger partial charge in [0.05, 0.1) is 30.3 Å². The van der Waals surface area contributed by atoms with Crippen molar-refractivity contribution in [2.45, 2.75) is 76.2 Å². The summed E-state index contributed by atoms with van der Waals surface area (Å²) in [6.07, 6.45) is 7.84. The molecule has 176 valence electrons. The minimum atomic E-state index is -0.868. The number of nitrogens with two attached hydrogens (primary N) is 2. The maximum atomic E-state index is 13.4. The molecule has 5 atom stereocenters. The molecule has 32 heavy (non-hydrogen) atoms. The van der Waals surface area contributed by atoms with Gasteiger partial charge >= 0.3 is 0 Å². The van der Waals surface area contributed by atoms with E-state index < -0.39 is 12.1 Å². The highest BCUT2D eigenvalue weighted by molar-refractivity contribution is 6.06. The average Bonchev–Trinajstić information content (AvgIpc) is 2.75. The van der Waals surface area contributed by atoms with Crippen LogP contribution in [0.3, 0.4) is 0 Å². The molecule has 1 saturated heterocycles. The third kappa shape index (κ3) is 6.47. The van der Waals surface area contributed by atoms with Gasteiger partial charge in [0, 0.05) is 44.7 Å². The van der Waals surface area contributed by atoms with Crippen LogP contribution >= 0.6 is 0 Å². The van der Waals surface area contributed by atoms with Crippen molar-refractivity contribution in [1.29, 1.82) is 5.26 Å². The SMILES string of the molecule is CC1CCC(CC#N)C=[N+]=C(C(C(=O)NC2C=NCCC2N2CCC(O)CC2)C(N)N)C1. The van der Waals surface area contributed by atoms with Crippen molar-refractivity contribution in [2.75, 3.05) is 19.6 Å². The molecule has 1 amide bonds. The summed E-state index contributed by atoms with van der Waals surface area (Å²) in [6.45, 7) is 4.49. The smallest absolute Gasteiger partial charge is 0.295 e. The van der Waals surface area contributed by atoms with Crippen LogP contribution in [0.5, 0.6) is 0 Å². The molecule has 0 spiro atoms. The highest BCUT2D eigenvalue weighted by Gasteiger charge is 2.40. The number of aliphatic hydroxyl groups excluding tert-OH is 1. The number of aliphatic hydroxyl groups is 1. The summed E-state index contributed by atoms with van der Waals surface area (Å²) < 4.78 is 4.63. The number of likely N-dealkylation sites (tertiary alicyclic amines) is 1. The number of carbonyl (C=O) groups is 1. The van der Waals surface area contributed by atoms with E-state index >= 15 is 0 Å². The number of carbonyl (C=O) groups excluding carboxylic acids is 1. The van der Waals surface area contributed by atoms with Crippen LogP contribution in [0.25, 0.3) is 0 Å². The van der Waals surface area contributed by atoms with Gasteiger partial charge in [0.15, 0.2) is 5.92 Å². The largest absolute Gasteiger partial charge is 0.393 e. The van der Waals surface area contributed by atoms with Crippen LogP contribution in [0.15, 0.2) is 4.99 Å². The van der Waals surface area contributed by atoms with Crippen molar-refractivity contribution >= 4 is 24.0 Å². The van der Waals surface area contributed by atoms with E-state index in [1.165, 1.54) is 0 Å². The first-order valence-electron chi connectivity index (χ1n) is 11.9. The first-order valence-corrected chi connectivity index (χ1v) is 11.9. The van der Waals surface area contributed by atoms with E-state index in [-0.39, 0.29) is 30.0 Å². The van der Waals surface area contributed by atoms with Crippen molar-refractivity contribution in [3.05, 3.63) is 0 Å². The Kier molecular flexibility index (Phi) is 8.97. The van der Waals surface area contributed by atoms with Gasteiger partial charge in [-0.1, -0.05) is 6.92 Å². The van der Waals surface area contributed by atoms with Crippen LogP contribution in [-0.2, 0) is 4.79 Å². The minimum absolute atomic E-state index is 0.0831. The van der Waals surface area contributed by atoms with E-state index in [9.17, 15) is 9.90 Å². The maximum Gasteiger partial charge on any atom is 0.295 e. The molecule has 9 heteroatoms. The molecule has 0 saturated carbocycles. The summed E-state index contributed by atoms with van der Waals surface area (Å²) in [7, 11) is 0. The fraction of sp³-hybridized carbons (Fsp3) is 0.783. The Bertz CT molecular complexity index is 776. The second-order valence-electron chi connectivity index (χ2n) is 9.55. The molecule has 5 unspecified atom stereocenters. The van der Waals surface area contributed by atoms with Gasteiger partial charge in [0.2, 0.25) is 5.91 Å². The lowest BCUT2D eigenvalue weighted by molar-refractivity contribution is -0.124. The van der Waals surface area contributed by atoms with Crippen molar-refractivity contribution in [3.8, 4) is 6.07 Å². The Morgan fingerprint density at radius 1 is 1.34 bits per heavy atom. The Labute approximate surface area is 190 Å². The van der Waals surface area contributed by atoms with Gasteiger partial charge in [-0.3, -0.25) is 14.7 Å². The molecule has 0 bridgehead atoms. The number of nitrogens with zero attached hydrogens (tertiary/aromatic N) is 4. The number of amides is 1. The van der Waals surface area contributed by atoms with E-state index in [2.05, 4.69) is 32.9 Å². The van der Waals surface area contributed by atoms with E-state index in [1.807, 2.05) is 6.21 Å². The molecule has 3 aliphatic rings. The third-order valence-electron chi connectivity index (χ3n) is 6.93. The van der Waals surface area contributed by atoms with Crippen molar-refractivity contribution in [3.63, 3.8) is 0 Å². The number of piperidine rings is 1. The summed E-state index contributed by atoms with van der Waals surface area (Å²) >= 11 is 0. The number of nitriles is 1. The molecule has 0 aromatic rings. The lowest BCUT2D eigenvalue weighted by Crippen LogP contribution is -2.60. The average molecular weight is 445 g/mol. The first kappa shape index (κ1) is 24.6. The Balaban J connectivity index is 1.77. The molecule has 0 radical (unpaired) electrons. The van der Waals surface area contributed by atoms with E-state index in [0.29, 0.717) is 24.5 Å². The zero-order valence-electron chi connectivity index (χ0n) is 19.1. The number of nitrogens with one attached hydrogen (secondary N) is 1. The van der Waals surface area contributed by atoms with Gasteiger partial charge in [-0.25, -0.2) is 0 Å². The second kappa shape index (κ2) is 11.7. The summed E-state index contributed by atoms with van der Waals surface area (Å²) in [5.41, 5.74) is 12.9.